The maximum absolute atomic E-state index is 12.2. The number of rotatable bonds is 6. The molecule has 2 rings (SSSR count). The summed E-state index contributed by atoms with van der Waals surface area (Å²) in [6, 6.07) is 0. The second kappa shape index (κ2) is 7.77. The lowest BCUT2D eigenvalue weighted by atomic mass is 9.98. The molecule has 1 aromatic heterocycles. The first kappa shape index (κ1) is 16.3. The topological polar surface area (TPSA) is 59.4 Å². The standard InChI is InChI=1S/C14H23ClN4O2/c1-16-8-11-4-3-5-18(10-11)12-9-17-19(6-7-21-2)14(20)13(12)15/h9,11,16H,3-8,10H2,1-2H3. The van der Waals surface area contributed by atoms with Gasteiger partial charge in [-0.25, -0.2) is 4.68 Å². The smallest absolute Gasteiger partial charge is 0.287 e. The van der Waals surface area contributed by atoms with E-state index in [4.69, 9.17) is 16.3 Å². The summed E-state index contributed by atoms with van der Waals surface area (Å²) in [5.41, 5.74) is 0.498. The molecule has 1 N–H and O–H groups in total. The Labute approximate surface area is 130 Å². The van der Waals surface area contributed by atoms with E-state index in [2.05, 4.69) is 15.3 Å². The van der Waals surface area contributed by atoms with Crippen molar-refractivity contribution in [2.75, 3.05) is 45.3 Å². The molecule has 0 saturated carbocycles. The van der Waals surface area contributed by atoms with Gasteiger partial charge in [0.1, 0.15) is 5.02 Å². The molecule has 1 aromatic rings. The lowest BCUT2D eigenvalue weighted by molar-refractivity contribution is 0.182. The zero-order chi connectivity index (χ0) is 15.2. The first-order valence-electron chi connectivity index (χ1n) is 7.31. The summed E-state index contributed by atoms with van der Waals surface area (Å²) >= 11 is 6.26. The first-order chi connectivity index (χ1) is 10.2. The van der Waals surface area contributed by atoms with Crippen LogP contribution >= 0.6 is 11.6 Å². The van der Waals surface area contributed by atoms with E-state index in [0.29, 0.717) is 19.1 Å². The lowest BCUT2D eigenvalue weighted by Crippen LogP contribution is -2.40. The highest BCUT2D eigenvalue weighted by atomic mass is 35.5. The molecule has 21 heavy (non-hydrogen) atoms. The van der Waals surface area contributed by atoms with Gasteiger partial charge in [0, 0.05) is 20.2 Å². The minimum absolute atomic E-state index is 0.248. The Morgan fingerprint density at radius 3 is 3.10 bits per heavy atom. The molecule has 0 bridgehead atoms. The van der Waals surface area contributed by atoms with Gasteiger partial charge in [0.15, 0.2) is 0 Å². The van der Waals surface area contributed by atoms with Crippen LogP contribution in [0.15, 0.2) is 11.0 Å². The van der Waals surface area contributed by atoms with Crippen molar-refractivity contribution >= 4 is 17.3 Å². The highest BCUT2D eigenvalue weighted by Crippen LogP contribution is 2.26. The Bertz CT molecular complexity index is 518. The molecule has 1 atom stereocenters. The maximum Gasteiger partial charge on any atom is 0.287 e. The third-order valence-corrected chi connectivity index (χ3v) is 4.18. The van der Waals surface area contributed by atoms with Crippen molar-refractivity contribution in [1.29, 1.82) is 0 Å². The summed E-state index contributed by atoms with van der Waals surface area (Å²) in [7, 11) is 3.56. The van der Waals surface area contributed by atoms with E-state index >= 15 is 0 Å². The maximum atomic E-state index is 12.2. The van der Waals surface area contributed by atoms with Gasteiger partial charge in [-0.15, -0.1) is 0 Å². The van der Waals surface area contributed by atoms with Crippen LogP contribution in [0.4, 0.5) is 5.69 Å². The van der Waals surface area contributed by atoms with E-state index in [0.717, 1.165) is 31.7 Å². The number of nitrogens with zero attached hydrogens (tertiary/aromatic N) is 3. The van der Waals surface area contributed by atoms with Crippen LogP contribution in [0.5, 0.6) is 0 Å². The summed E-state index contributed by atoms with van der Waals surface area (Å²) in [5.74, 6) is 0.579. The second-order valence-corrected chi connectivity index (χ2v) is 5.75. The predicted octanol–water partition coefficient (Wildman–Crippen LogP) is 0.979. The SMILES string of the molecule is CNCC1CCCN(c2cnn(CCOC)c(=O)c2Cl)C1. The highest BCUT2D eigenvalue weighted by molar-refractivity contribution is 6.33. The molecule has 7 heteroatoms. The van der Waals surface area contributed by atoms with E-state index in [1.54, 1.807) is 13.3 Å². The number of ether oxygens (including phenoxy) is 1. The molecule has 1 aliphatic heterocycles. The molecular formula is C14H23ClN4O2. The Morgan fingerprint density at radius 2 is 2.38 bits per heavy atom. The van der Waals surface area contributed by atoms with Crippen molar-refractivity contribution < 1.29 is 4.74 Å². The minimum atomic E-state index is -0.248. The van der Waals surface area contributed by atoms with Gasteiger partial charge in [0.25, 0.3) is 5.56 Å². The molecule has 1 fully saturated rings. The summed E-state index contributed by atoms with van der Waals surface area (Å²) < 4.78 is 6.32. The third-order valence-electron chi connectivity index (χ3n) is 3.83. The van der Waals surface area contributed by atoms with Crippen LogP contribution in [0.2, 0.25) is 5.02 Å². The highest BCUT2D eigenvalue weighted by Gasteiger charge is 2.22. The fourth-order valence-corrected chi connectivity index (χ4v) is 3.02. The Hall–Kier alpha value is -1.11. The average molecular weight is 315 g/mol. The van der Waals surface area contributed by atoms with Gasteiger partial charge >= 0.3 is 0 Å². The van der Waals surface area contributed by atoms with Gasteiger partial charge in [-0.2, -0.15) is 5.10 Å². The molecule has 0 radical (unpaired) electrons. The molecule has 118 valence electrons. The van der Waals surface area contributed by atoms with Crippen molar-refractivity contribution in [3.05, 3.63) is 21.6 Å². The quantitative estimate of drug-likeness (QED) is 0.848. The van der Waals surface area contributed by atoms with Crippen LogP contribution < -0.4 is 15.8 Å². The van der Waals surface area contributed by atoms with Crippen LogP contribution in [0.25, 0.3) is 0 Å². The summed E-state index contributed by atoms with van der Waals surface area (Å²) in [5, 5.41) is 7.67. The Kier molecular flexibility index (Phi) is 6.02. The molecule has 0 spiro atoms. The molecule has 0 aliphatic carbocycles. The van der Waals surface area contributed by atoms with Gasteiger partial charge in [-0.3, -0.25) is 4.79 Å². The van der Waals surface area contributed by atoms with Crippen molar-refractivity contribution in [3.8, 4) is 0 Å². The number of methoxy groups -OCH3 is 1. The largest absolute Gasteiger partial charge is 0.383 e. The Balaban J connectivity index is 2.16. The van der Waals surface area contributed by atoms with Crippen molar-refractivity contribution in [3.63, 3.8) is 0 Å². The number of anilines is 1. The molecular weight excluding hydrogens is 292 g/mol. The monoisotopic (exact) mass is 314 g/mol. The zero-order valence-electron chi connectivity index (χ0n) is 12.6. The number of piperidine rings is 1. The normalized spacial score (nSPS) is 19.0. The van der Waals surface area contributed by atoms with Crippen LogP contribution in [-0.2, 0) is 11.3 Å². The number of hydrogen-bond donors (Lipinski definition) is 1. The molecule has 0 aromatic carbocycles. The van der Waals surface area contributed by atoms with Crippen LogP contribution in [0, 0.1) is 5.92 Å². The van der Waals surface area contributed by atoms with Crippen LogP contribution in [0.3, 0.4) is 0 Å². The second-order valence-electron chi connectivity index (χ2n) is 5.38. The van der Waals surface area contributed by atoms with Gasteiger partial charge in [-0.05, 0) is 32.4 Å². The minimum Gasteiger partial charge on any atom is -0.383 e. The zero-order valence-corrected chi connectivity index (χ0v) is 13.4. The fraction of sp³-hybridized carbons (Fsp3) is 0.714. The van der Waals surface area contributed by atoms with Crippen molar-refractivity contribution in [2.45, 2.75) is 19.4 Å². The first-order valence-corrected chi connectivity index (χ1v) is 7.69. The van der Waals surface area contributed by atoms with E-state index < -0.39 is 0 Å². The van der Waals surface area contributed by atoms with Crippen molar-refractivity contribution in [1.82, 2.24) is 15.1 Å². The van der Waals surface area contributed by atoms with E-state index in [-0.39, 0.29) is 10.6 Å². The summed E-state index contributed by atoms with van der Waals surface area (Å²) in [6.07, 6.45) is 4.00. The summed E-state index contributed by atoms with van der Waals surface area (Å²) in [4.78, 5) is 14.4. The van der Waals surface area contributed by atoms with Gasteiger partial charge in [0.05, 0.1) is 25.0 Å². The van der Waals surface area contributed by atoms with E-state index in [1.807, 2.05) is 7.05 Å². The molecule has 1 aliphatic rings. The van der Waals surface area contributed by atoms with Crippen molar-refractivity contribution in [2.24, 2.45) is 5.92 Å². The Morgan fingerprint density at radius 1 is 1.57 bits per heavy atom. The molecule has 2 heterocycles. The molecule has 6 nitrogen and oxygen atoms in total. The predicted molar refractivity (Wildman–Crippen MR) is 84.2 cm³/mol. The van der Waals surface area contributed by atoms with E-state index in [1.165, 1.54) is 11.1 Å². The lowest BCUT2D eigenvalue weighted by Gasteiger charge is -2.34. The molecule has 0 amide bonds. The van der Waals surface area contributed by atoms with Crippen LogP contribution in [-0.4, -0.2) is 50.2 Å². The van der Waals surface area contributed by atoms with Gasteiger partial charge < -0.3 is 15.0 Å². The molecule has 1 unspecified atom stereocenters. The number of nitrogens with one attached hydrogen (secondary N) is 1. The summed E-state index contributed by atoms with van der Waals surface area (Å²) in [6.45, 7) is 3.66. The number of aromatic nitrogens is 2. The molecule has 1 saturated heterocycles. The number of halogens is 1. The van der Waals surface area contributed by atoms with E-state index in [9.17, 15) is 4.79 Å². The third kappa shape index (κ3) is 3.96. The fourth-order valence-electron chi connectivity index (χ4n) is 2.75. The van der Waals surface area contributed by atoms with Crippen LogP contribution in [0.1, 0.15) is 12.8 Å². The van der Waals surface area contributed by atoms with Gasteiger partial charge in [0.2, 0.25) is 0 Å². The van der Waals surface area contributed by atoms with Gasteiger partial charge in [-0.1, -0.05) is 11.6 Å². The average Bonchev–Trinajstić information content (AvgIpc) is 2.49. The number of hydrogen-bond acceptors (Lipinski definition) is 5.